The van der Waals surface area contributed by atoms with Crippen LogP contribution in [0.3, 0.4) is 0 Å². The molecule has 4 nitrogen and oxygen atoms in total. The van der Waals surface area contributed by atoms with Crippen LogP contribution >= 0.6 is 15.9 Å². The van der Waals surface area contributed by atoms with Crippen LogP contribution in [0.5, 0.6) is 0 Å². The van der Waals surface area contributed by atoms with Crippen LogP contribution in [0.25, 0.3) is 0 Å². The smallest absolute Gasteiger partial charge is 0.270 e. The first-order valence-electron chi connectivity index (χ1n) is 6.79. The number of hydrogen-bond acceptors (Lipinski definition) is 3. The third-order valence-corrected chi connectivity index (χ3v) is 3.59. The zero-order valence-electron chi connectivity index (χ0n) is 11.5. The number of pyridine rings is 1. The van der Waals surface area contributed by atoms with E-state index in [1.807, 2.05) is 30.3 Å². The second-order valence-corrected chi connectivity index (χ2v) is 5.58. The highest BCUT2D eigenvalue weighted by Crippen LogP contribution is 2.19. The molecule has 1 atom stereocenters. The Kier molecular flexibility index (Phi) is 5.90. The summed E-state index contributed by atoms with van der Waals surface area (Å²) in [5.41, 5.74) is 1.40. The first kappa shape index (κ1) is 15.7. The van der Waals surface area contributed by atoms with Gasteiger partial charge in [-0.15, -0.1) is 0 Å². The van der Waals surface area contributed by atoms with Gasteiger partial charge in [-0.2, -0.15) is 0 Å². The molecule has 0 aliphatic rings. The van der Waals surface area contributed by atoms with Crippen molar-refractivity contribution >= 4 is 21.8 Å². The molecule has 110 valence electrons. The zero-order valence-corrected chi connectivity index (χ0v) is 13.1. The van der Waals surface area contributed by atoms with Crippen molar-refractivity contribution in [3.63, 3.8) is 0 Å². The number of amides is 1. The molecular formula is C16H17BrN2O2. The number of halogens is 1. The van der Waals surface area contributed by atoms with Crippen LogP contribution in [-0.4, -0.2) is 22.6 Å². The summed E-state index contributed by atoms with van der Waals surface area (Å²) in [7, 11) is 0. The quantitative estimate of drug-likeness (QED) is 0.843. The van der Waals surface area contributed by atoms with Crippen LogP contribution in [0.15, 0.2) is 53.1 Å². The topological polar surface area (TPSA) is 62.2 Å². The number of aliphatic hydroxyl groups is 1. The van der Waals surface area contributed by atoms with Gasteiger partial charge in [-0.05, 0) is 46.5 Å². The normalized spacial score (nSPS) is 11.9. The average molecular weight is 349 g/mol. The van der Waals surface area contributed by atoms with Gasteiger partial charge in [0.25, 0.3) is 5.91 Å². The van der Waals surface area contributed by atoms with E-state index < -0.39 is 0 Å². The molecule has 21 heavy (non-hydrogen) atoms. The minimum absolute atomic E-state index is 0.107. The predicted octanol–water partition coefficient (Wildman–Crippen LogP) is 3.09. The number of carbonyl (C=O) groups is 1. The number of nitrogens with one attached hydrogen (secondary N) is 1. The summed E-state index contributed by atoms with van der Waals surface area (Å²) in [4.78, 5) is 16.3. The van der Waals surface area contributed by atoms with E-state index >= 15 is 0 Å². The zero-order chi connectivity index (χ0) is 15.1. The molecule has 1 unspecified atom stereocenters. The van der Waals surface area contributed by atoms with Gasteiger partial charge < -0.3 is 10.4 Å². The second kappa shape index (κ2) is 7.90. The molecule has 0 saturated heterocycles. The fourth-order valence-corrected chi connectivity index (χ4v) is 2.28. The molecule has 2 N–H and O–H groups in total. The van der Waals surface area contributed by atoms with E-state index in [1.54, 1.807) is 18.3 Å². The number of aliphatic hydroxyl groups excluding tert-OH is 1. The first-order valence-corrected chi connectivity index (χ1v) is 7.58. The van der Waals surface area contributed by atoms with Gasteiger partial charge in [-0.3, -0.25) is 4.79 Å². The van der Waals surface area contributed by atoms with E-state index in [1.165, 1.54) is 0 Å². The minimum atomic E-state index is -0.214. The number of benzene rings is 1. The lowest BCUT2D eigenvalue weighted by molar-refractivity contribution is 0.0927. The Labute approximate surface area is 132 Å². The van der Waals surface area contributed by atoms with Gasteiger partial charge in [0.05, 0.1) is 6.04 Å². The maximum Gasteiger partial charge on any atom is 0.270 e. The predicted molar refractivity (Wildman–Crippen MR) is 84.9 cm³/mol. The van der Waals surface area contributed by atoms with Crippen LogP contribution in [0, 0.1) is 0 Å². The molecule has 2 aromatic rings. The van der Waals surface area contributed by atoms with Crippen LogP contribution in [0.2, 0.25) is 0 Å². The summed E-state index contributed by atoms with van der Waals surface area (Å²) in [5.74, 6) is -0.214. The maximum absolute atomic E-state index is 12.3. The number of aromatic nitrogens is 1. The van der Waals surface area contributed by atoms with Crippen LogP contribution in [0.4, 0.5) is 0 Å². The van der Waals surface area contributed by atoms with E-state index in [-0.39, 0.29) is 18.6 Å². The lowest BCUT2D eigenvalue weighted by atomic mass is 10.0. The fraction of sp³-hybridized carbons (Fsp3) is 0.250. The average Bonchev–Trinajstić information content (AvgIpc) is 2.52. The molecule has 2 rings (SSSR count). The Morgan fingerprint density at radius 2 is 2.00 bits per heavy atom. The van der Waals surface area contributed by atoms with E-state index in [0.717, 1.165) is 10.0 Å². The summed E-state index contributed by atoms with van der Waals surface area (Å²) < 4.78 is 0.832. The highest BCUT2D eigenvalue weighted by molar-refractivity contribution is 9.10. The molecule has 1 heterocycles. The van der Waals surface area contributed by atoms with E-state index in [4.69, 9.17) is 5.11 Å². The molecule has 5 heteroatoms. The number of carbonyl (C=O) groups excluding carboxylic acids is 1. The van der Waals surface area contributed by atoms with Crippen molar-refractivity contribution in [2.75, 3.05) is 6.61 Å². The Morgan fingerprint density at radius 3 is 2.62 bits per heavy atom. The van der Waals surface area contributed by atoms with E-state index in [2.05, 4.69) is 26.2 Å². The number of hydrogen-bond donors (Lipinski definition) is 2. The summed E-state index contributed by atoms with van der Waals surface area (Å²) in [6.45, 7) is 0.107. The van der Waals surface area contributed by atoms with E-state index in [9.17, 15) is 4.79 Å². The summed E-state index contributed by atoms with van der Waals surface area (Å²) in [5, 5.41) is 12.0. The molecule has 0 spiro atoms. The molecule has 1 aromatic heterocycles. The lowest BCUT2D eigenvalue weighted by Crippen LogP contribution is -2.29. The second-order valence-electron chi connectivity index (χ2n) is 4.66. The Morgan fingerprint density at radius 1 is 1.24 bits per heavy atom. The van der Waals surface area contributed by atoms with Crippen molar-refractivity contribution < 1.29 is 9.90 Å². The lowest BCUT2D eigenvalue weighted by Gasteiger charge is -2.18. The Balaban J connectivity index is 2.11. The van der Waals surface area contributed by atoms with Crippen molar-refractivity contribution in [1.29, 1.82) is 0 Å². The van der Waals surface area contributed by atoms with Crippen LogP contribution in [0.1, 0.15) is 34.9 Å². The monoisotopic (exact) mass is 348 g/mol. The van der Waals surface area contributed by atoms with Gasteiger partial charge in [-0.25, -0.2) is 4.98 Å². The third-order valence-electron chi connectivity index (χ3n) is 3.12. The summed E-state index contributed by atoms with van der Waals surface area (Å²) in [6.07, 6.45) is 2.91. The minimum Gasteiger partial charge on any atom is -0.396 e. The third kappa shape index (κ3) is 4.65. The number of rotatable bonds is 6. The van der Waals surface area contributed by atoms with Crippen molar-refractivity contribution in [3.05, 3.63) is 64.4 Å². The molecule has 0 saturated carbocycles. The standard InChI is InChI=1S/C16H17BrN2O2/c17-13-8-9-15(18-11-13)16(21)19-14(7-4-10-20)12-5-2-1-3-6-12/h1-3,5-6,8-9,11,14,20H,4,7,10H2,(H,19,21). The largest absolute Gasteiger partial charge is 0.396 e. The molecule has 1 aromatic carbocycles. The van der Waals surface area contributed by atoms with Crippen molar-refractivity contribution in [1.82, 2.24) is 10.3 Å². The molecule has 0 aliphatic heterocycles. The van der Waals surface area contributed by atoms with Gasteiger partial charge in [0, 0.05) is 17.3 Å². The SMILES string of the molecule is O=C(NC(CCCO)c1ccccc1)c1ccc(Br)cn1. The fourth-order valence-electron chi connectivity index (χ4n) is 2.05. The number of nitrogens with zero attached hydrogens (tertiary/aromatic N) is 1. The van der Waals surface area contributed by atoms with Gasteiger partial charge in [0.15, 0.2) is 0 Å². The molecule has 0 aliphatic carbocycles. The molecule has 0 fully saturated rings. The van der Waals surface area contributed by atoms with Crippen molar-refractivity contribution in [2.45, 2.75) is 18.9 Å². The van der Waals surface area contributed by atoms with Gasteiger partial charge in [-0.1, -0.05) is 30.3 Å². The van der Waals surface area contributed by atoms with Crippen molar-refractivity contribution in [3.8, 4) is 0 Å². The molecule has 0 radical (unpaired) electrons. The highest BCUT2D eigenvalue weighted by atomic mass is 79.9. The molecular weight excluding hydrogens is 332 g/mol. The summed E-state index contributed by atoms with van der Waals surface area (Å²) in [6, 6.07) is 13.1. The van der Waals surface area contributed by atoms with Crippen molar-refractivity contribution in [2.24, 2.45) is 0 Å². The van der Waals surface area contributed by atoms with Crippen LogP contribution < -0.4 is 5.32 Å². The van der Waals surface area contributed by atoms with Gasteiger partial charge in [0.2, 0.25) is 0 Å². The van der Waals surface area contributed by atoms with Gasteiger partial charge in [0.1, 0.15) is 5.69 Å². The van der Waals surface area contributed by atoms with E-state index in [0.29, 0.717) is 18.5 Å². The Bertz CT molecular complexity index is 573. The Hall–Kier alpha value is -1.72. The maximum atomic E-state index is 12.3. The van der Waals surface area contributed by atoms with Crippen LogP contribution in [-0.2, 0) is 0 Å². The molecule has 1 amide bonds. The highest BCUT2D eigenvalue weighted by Gasteiger charge is 2.16. The summed E-state index contributed by atoms with van der Waals surface area (Å²) >= 11 is 3.29. The molecule has 0 bridgehead atoms. The first-order chi connectivity index (χ1) is 10.2. The van der Waals surface area contributed by atoms with Gasteiger partial charge >= 0.3 is 0 Å².